The number of aromatic nitrogens is 5. The van der Waals surface area contributed by atoms with Gasteiger partial charge in [0.1, 0.15) is 17.2 Å². The first-order chi connectivity index (χ1) is 14.2. The van der Waals surface area contributed by atoms with Gasteiger partial charge >= 0.3 is 6.09 Å². The molecule has 3 aromatic heterocycles. The molecule has 9 nitrogen and oxygen atoms in total. The Hall–Kier alpha value is -3.10. The van der Waals surface area contributed by atoms with E-state index in [0.717, 1.165) is 36.0 Å². The Kier molecular flexibility index (Phi) is 5.13. The molecule has 1 fully saturated rings. The van der Waals surface area contributed by atoms with E-state index in [1.54, 1.807) is 33.5 Å². The van der Waals surface area contributed by atoms with Crippen LogP contribution in [0.2, 0.25) is 0 Å². The highest BCUT2D eigenvalue weighted by atomic mass is 16.6. The first kappa shape index (κ1) is 20.2. The van der Waals surface area contributed by atoms with Crippen LogP contribution in [-0.4, -0.2) is 60.2 Å². The van der Waals surface area contributed by atoms with Crippen molar-refractivity contribution in [1.82, 2.24) is 29.3 Å². The molecule has 1 aliphatic rings. The van der Waals surface area contributed by atoms with E-state index in [0.29, 0.717) is 5.88 Å². The fourth-order valence-corrected chi connectivity index (χ4v) is 3.69. The van der Waals surface area contributed by atoms with Crippen molar-refractivity contribution in [1.29, 1.82) is 0 Å². The smallest absolute Gasteiger partial charge is 0.410 e. The maximum absolute atomic E-state index is 12.4. The van der Waals surface area contributed by atoms with Crippen LogP contribution in [0.15, 0.2) is 30.9 Å². The normalized spacial score (nSPS) is 19.2. The molecule has 30 heavy (non-hydrogen) atoms. The number of carbonyl (C=O) groups excluding carboxylic acids is 1. The van der Waals surface area contributed by atoms with Crippen molar-refractivity contribution in [3.8, 4) is 17.1 Å². The number of fused-ring (bicyclic) bond motifs is 1. The van der Waals surface area contributed by atoms with Crippen LogP contribution in [0.5, 0.6) is 5.88 Å². The summed E-state index contributed by atoms with van der Waals surface area (Å²) in [6.45, 7) is 5.62. The molecule has 1 saturated carbocycles. The van der Waals surface area contributed by atoms with Gasteiger partial charge in [-0.15, -0.1) is 0 Å². The lowest BCUT2D eigenvalue weighted by Gasteiger charge is -2.28. The van der Waals surface area contributed by atoms with Crippen LogP contribution in [0.25, 0.3) is 16.8 Å². The highest BCUT2D eigenvalue weighted by Gasteiger charge is 2.33. The average Bonchev–Trinajstić information content (AvgIpc) is 3.39. The van der Waals surface area contributed by atoms with Gasteiger partial charge in [-0.25, -0.2) is 14.3 Å². The fraction of sp³-hybridized carbons (Fsp3) is 0.524. The van der Waals surface area contributed by atoms with E-state index in [1.807, 2.05) is 46.3 Å². The Morgan fingerprint density at radius 1 is 1.23 bits per heavy atom. The van der Waals surface area contributed by atoms with E-state index in [1.165, 1.54) is 0 Å². The lowest BCUT2D eigenvalue weighted by molar-refractivity contribution is 0.0218. The minimum atomic E-state index is -0.510. The second-order valence-electron chi connectivity index (χ2n) is 8.79. The lowest BCUT2D eigenvalue weighted by Crippen LogP contribution is -2.40. The number of hydrogen-bond donors (Lipinski definition) is 0. The summed E-state index contributed by atoms with van der Waals surface area (Å²) in [6, 6.07) is 1.96. The van der Waals surface area contributed by atoms with Gasteiger partial charge in [0.15, 0.2) is 0 Å². The predicted molar refractivity (Wildman–Crippen MR) is 111 cm³/mol. The Morgan fingerprint density at radius 2 is 2.03 bits per heavy atom. The summed E-state index contributed by atoms with van der Waals surface area (Å²) in [5.41, 5.74) is 1.94. The third kappa shape index (κ3) is 4.24. The van der Waals surface area contributed by atoms with Gasteiger partial charge in [-0.2, -0.15) is 10.2 Å². The van der Waals surface area contributed by atoms with Crippen molar-refractivity contribution in [2.45, 2.75) is 57.8 Å². The summed E-state index contributed by atoms with van der Waals surface area (Å²) in [5, 5.41) is 8.57. The third-order valence-corrected chi connectivity index (χ3v) is 5.22. The third-order valence-electron chi connectivity index (χ3n) is 5.22. The van der Waals surface area contributed by atoms with Crippen LogP contribution >= 0.6 is 0 Å². The highest BCUT2D eigenvalue weighted by molar-refractivity contribution is 5.68. The zero-order chi connectivity index (χ0) is 21.5. The van der Waals surface area contributed by atoms with E-state index in [4.69, 9.17) is 14.5 Å². The lowest BCUT2D eigenvalue weighted by atomic mass is 10.2. The first-order valence-corrected chi connectivity index (χ1v) is 10.2. The van der Waals surface area contributed by atoms with Crippen LogP contribution in [-0.2, 0) is 11.8 Å². The molecular weight excluding hydrogens is 384 g/mol. The maximum Gasteiger partial charge on any atom is 0.410 e. The molecule has 160 valence electrons. The van der Waals surface area contributed by atoms with Crippen molar-refractivity contribution in [3.63, 3.8) is 0 Å². The first-order valence-electron chi connectivity index (χ1n) is 10.2. The number of amides is 1. The molecule has 9 heteroatoms. The fourth-order valence-electron chi connectivity index (χ4n) is 3.69. The number of ether oxygens (including phenoxy) is 2. The van der Waals surface area contributed by atoms with Crippen molar-refractivity contribution in [2.75, 3.05) is 7.05 Å². The van der Waals surface area contributed by atoms with Gasteiger partial charge in [0, 0.05) is 38.3 Å². The summed E-state index contributed by atoms with van der Waals surface area (Å²) in [7, 11) is 3.66. The number of rotatable bonds is 4. The number of aryl methyl sites for hydroxylation is 1. The number of hydrogen-bond acceptors (Lipinski definition) is 6. The Balaban J connectivity index is 1.50. The van der Waals surface area contributed by atoms with Crippen LogP contribution in [0, 0.1) is 0 Å². The molecule has 0 aliphatic heterocycles. The molecular formula is C21H28N6O3. The van der Waals surface area contributed by atoms with Gasteiger partial charge < -0.3 is 14.4 Å². The van der Waals surface area contributed by atoms with Gasteiger partial charge in [-0.05, 0) is 39.7 Å². The minimum absolute atomic E-state index is 0.0322. The van der Waals surface area contributed by atoms with Crippen molar-refractivity contribution in [3.05, 3.63) is 30.9 Å². The molecule has 3 heterocycles. The average molecular weight is 412 g/mol. The molecule has 2 atom stereocenters. The molecule has 1 aliphatic carbocycles. The van der Waals surface area contributed by atoms with Gasteiger partial charge in [0.2, 0.25) is 5.88 Å². The van der Waals surface area contributed by atoms with Crippen LogP contribution in [0.3, 0.4) is 0 Å². The molecule has 0 N–H and O–H groups in total. The SMILES string of the molecule is CN(C(=O)OC(C)(C)C)[C@@H]1CC[C@H](Oc2nc(-c3cnn(C)c3)cn3nccc23)C1. The molecule has 0 unspecified atom stereocenters. The second-order valence-corrected chi connectivity index (χ2v) is 8.79. The monoisotopic (exact) mass is 412 g/mol. The highest BCUT2D eigenvalue weighted by Crippen LogP contribution is 2.30. The summed E-state index contributed by atoms with van der Waals surface area (Å²) >= 11 is 0. The molecule has 0 aromatic carbocycles. The Morgan fingerprint density at radius 3 is 2.73 bits per heavy atom. The maximum atomic E-state index is 12.4. The zero-order valence-electron chi connectivity index (χ0n) is 18.1. The van der Waals surface area contributed by atoms with E-state index >= 15 is 0 Å². The molecule has 0 bridgehead atoms. The summed E-state index contributed by atoms with van der Waals surface area (Å²) in [6.07, 6.45) is 9.37. The van der Waals surface area contributed by atoms with Gasteiger partial charge in [-0.1, -0.05) is 0 Å². The summed E-state index contributed by atoms with van der Waals surface area (Å²) in [4.78, 5) is 18.8. The largest absolute Gasteiger partial charge is 0.473 e. The summed E-state index contributed by atoms with van der Waals surface area (Å²) < 4.78 is 15.3. The molecule has 4 rings (SSSR count). The molecule has 1 amide bonds. The van der Waals surface area contributed by atoms with Gasteiger partial charge in [0.25, 0.3) is 0 Å². The Bertz CT molecular complexity index is 1050. The van der Waals surface area contributed by atoms with Gasteiger partial charge in [-0.3, -0.25) is 4.68 Å². The van der Waals surface area contributed by atoms with Crippen LogP contribution < -0.4 is 4.74 Å². The molecule has 0 spiro atoms. The Labute approximate surface area is 175 Å². The van der Waals surface area contributed by atoms with E-state index < -0.39 is 5.60 Å². The molecule has 0 radical (unpaired) electrons. The quantitative estimate of drug-likeness (QED) is 0.653. The minimum Gasteiger partial charge on any atom is -0.473 e. The zero-order valence-corrected chi connectivity index (χ0v) is 18.1. The van der Waals surface area contributed by atoms with Crippen LogP contribution in [0.4, 0.5) is 4.79 Å². The number of carbonyl (C=O) groups is 1. The standard InChI is InChI=1S/C21H28N6O3/c1-21(2,3)30-20(28)26(5)15-6-7-16(10-15)29-19-18-8-9-22-27(18)13-17(24-19)14-11-23-25(4)12-14/h8-9,11-13,15-16H,6-7,10H2,1-5H3/t15-,16+/m1/s1. The van der Waals surface area contributed by atoms with Crippen molar-refractivity contribution >= 4 is 11.6 Å². The van der Waals surface area contributed by atoms with Gasteiger partial charge in [0.05, 0.1) is 24.3 Å². The van der Waals surface area contributed by atoms with Crippen molar-refractivity contribution in [2.24, 2.45) is 7.05 Å². The van der Waals surface area contributed by atoms with E-state index in [9.17, 15) is 4.79 Å². The van der Waals surface area contributed by atoms with Crippen molar-refractivity contribution < 1.29 is 14.3 Å². The second kappa shape index (κ2) is 7.62. The molecule has 3 aromatic rings. The summed E-state index contributed by atoms with van der Waals surface area (Å²) in [5.74, 6) is 0.541. The van der Waals surface area contributed by atoms with E-state index in [2.05, 4.69) is 10.2 Å². The topological polar surface area (TPSA) is 86.8 Å². The predicted octanol–water partition coefficient (Wildman–Crippen LogP) is 3.30. The van der Waals surface area contributed by atoms with Crippen LogP contribution in [0.1, 0.15) is 40.0 Å². The van der Waals surface area contributed by atoms with E-state index in [-0.39, 0.29) is 18.2 Å². The number of nitrogens with zero attached hydrogens (tertiary/aromatic N) is 6. The molecule has 0 saturated heterocycles.